The second-order valence-corrected chi connectivity index (χ2v) is 7.34. The van der Waals surface area contributed by atoms with Gasteiger partial charge < -0.3 is 25.7 Å². The molecule has 2 amide bonds. The van der Waals surface area contributed by atoms with Crippen LogP contribution in [0.3, 0.4) is 0 Å². The number of nitrogens with zero attached hydrogens (tertiary/aromatic N) is 2. The van der Waals surface area contributed by atoms with Gasteiger partial charge in [-0.25, -0.2) is 4.79 Å². The number of methoxy groups -OCH3 is 3. The van der Waals surface area contributed by atoms with Crippen molar-refractivity contribution in [3.8, 4) is 17.6 Å². The number of primary amides is 1. The average molecular weight is 442 g/mol. The van der Waals surface area contributed by atoms with Crippen LogP contribution in [0.2, 0.25) is 0 Å². The van der Waals surface area contributed by atoms with Crippen molar-refractivity contribution in [2.24, 2.45) is 11.5 Å². The zero-order chi connectivity index (χ0) is 22.9. The Bertz CT molecular complexity index is 1130. The van der Waals surface area contributed by atoms with Crippen LogP contribution in [0, 0.1) is 11.3 Å². The van der Waals surface area contributed by atoms with E-state index in [1.54, 1.807) is 18.2 Å². The van der Waals surface area contributed by atoms with Gasteiger partial charge in [0.15, 0.2) is 0 Å². The Morgan fingerprint density at radius 2 is 1.94 bits per heavy atom. The van der Waals surface area contributed by atoms with Crippen molar-refractivity contribution in [1.82, 2.24) is 4.90 Å². The number of ether oxygens (including phenoxy) is 3. The molecule has 160 valence electrons. The van der Waals surface area contributed by atoms with Crippen LogP contribution in [0.1, 0.15) is 11.5 Å². The molecule has 2 heterocycles. The molecule has 1 unspecified atom stereocenters. The van der Waals surface area contributed by atoms with Crippen LogP contribution in [0.15, 0.2) is 51.2 Å². The van der Waals surface area contributed by atoms with Crippen LogP contribution in [0.4, 0.5) is 0 Å². The summed E-state index contributed by atoms with van der Waals surface area (Å²) in [5.74, 6) is -2.78. The van der Waals surface area contributed by atoms with Gasteiger partial charge in [-0.15, -0.1) is 0 Å². The van der Waals surface area contributed by atoms with Crippen LogP contribution >= 0.6 is 11.8 Å². The van der Waals surface area contributed by atoms with E-state index in [4.69, 9.17) is 20.9 Å². The van der Waals surface area contributed by atoms with E-state index in [2.05, 4.69) is 4.74 Å². The van der Waals surface area contributed by atoms with Gasteiger partial charge >= 0.3 is 5.97 Å². The number of hydrogen-bond acceptors (Lipinski definition) is 9. The number of nitrogens with two attached hydrogens (primary N) is 2. The van der Waals surface area contributed by atoms with Gasteiger partial charge in [-0.3, -0.25) is 14.5 Å². The minimum Gasteiger partial charge on any atom is -0.497 e. The first kappa shape index (κ1) is 21.8. The summed E-state index contributed by atoms with van der Waals surface area (Å²) in [6, 6.07) is 6.79. The summed E-state index contributed by atoms with van der Waals surface area (Å²) in [4.78, 5) is 38.3. The topological polar surface area (TPSA) is 158 Å². The number of fused-ring (bicyclic) bond motifs is 1. The molecular formula is C20H18N4O6S. The van der Waals surface area contributed by atoms with E-state index in [0.717, 1.165) is 29.8 Å². The largest absolute Gasteiger partial charge is 0.497 e. The summed E-state index contributed by atoms with van der Waals surface area (Å²) < 4.78 is 15.3. The number of benzene rings is 1. The molecule has 11 heteroatoms. The number of rotatable bonds is 5. The SMILES string of the molecule is COC(=O)C1=CC(=O)N2C(N)=C(C#N)C(c3ccc(OC)cc3OC)C(C(N)=O)=C2S1. The number of carbonyl (C=O) groups excluding carboxylic acids is 3. The molecule has 0 saturated carbocycles. The van der Waals surface area contributed by atoms with E-state index in [1.165, 1.54) is 14.2 Å². The first-order valence-corrected chi connectivity index (χ1v) is 9.58. The maximum atomic E-state index is 12.7. The Morgan fingerprint density at radius 1 is 1.23 bits per heavy atom. The van der Waals surface area contributed by atoms with Crippen LogP contribution in [-0.4, -0.2) is 44.0 Å². The molecule has 2 aliphatic heterocycles. The molecule has 0 radical (unpaired) electrons. The molecule has 0 aliphatic carbocycles. The summed E-state index contributed by atoms with van der Waals surface area (Å²) in [5.41, 5.74) is 12.1. The van der Waals surface area contributed by atoms with Crippen LogP contribution in [0.25, 0.3) is 0 Å². The quantitative estimate of drug-likeness (QED) is 0.630. The molecule has 3 rings (SSSR count). The van der Waals surface area contributed by atoms with Crippen molar-refractivity contribution in [2.75, 3.05) is 21.3 Å². The van der Waals surface area contributed by atoms with Crippen LogP contribution in [0.5, 0.6) is 11.5 Å². The standard InChI is InChI=1S/C20H18N4O6S/c1-28-9-4-5-10(12(6-9)29-2)15-11(8-21)17(22)24-14(25)7-13(20(27)30-3)31-19(24)16(15)18(23)26/h4-7,15H,22H2,1-3H3,(H2,23,26). The van der Waals surface area contributed by atoms with Gasteiger partial charge in [-0.1, -0.05) is 17.8 Å². The highest BCUT2D eigenvalue weighted by Crippen LogP contribution is 2.49. The van der Waals surface area contributed by atoms with Gasteiger partial charge in [0.25, 0.3) is 5.91 Å². The minimum absolute atomic E-state index is 0.0276. The van der Waals surface area contributed by atoms with Gasteiger partial charge in [0, 0.05) is 17.7 Å². The molecule has 10 nitrogen and oxygen atoms in total. The van der Waals surface area contributed by atoms with E-state index in [1.807, 2.05) is 6.07 Å². The molecule has 4 N–H and O–H groups in total. The number of amides is 2. The molecule has 0 aromatic heterocycles. The normalized spacial score (nSPS) is 18.1. The van der Waals surface area contributed by atoms with E-state index < -0.39 is 23.7 Å². The molecule has 0 spiro atoms. The maximum Gasteiger partial charge on any atom is 0.344 e. The fourth-order valence-electron chi connectivity index (χ4n) is 3.33. The van der Waals surface area contributed by atoms with Gasteiger partial charge in [0.1, 0.15) is 22.2 Å². The van der Waals surface area contributed by atoms with Crippen molar-refractivity contribution in [2.45, 2.75) is 5.92 Å². The summed E-state index contributed by atoms with van der Waals surface area (Å²) in [6.45, 7) is 0. The Labute approximate surface area is 181 Å². The average Bonchev–Trinajstić information content (AvgIpc) is 2.76. The third-order valence-corrected chi connectivity index (χ3v) is 5.83. The van der Waals surface area contributed by atoms with Crippen molar-refractivity contribution >= 4 is 29.5 Å². The Balaban J connectivity index is 2.32. The lowest BCUT2D eigenvalue weighted by molar-refractivity contribution is -0.135. The lowest BCUT2D eigenvalue weighted by atomic mass is 9.82. The predicted molar refractivity (Wildman–Crippen MR) is 110 cm³/mol. The zero-order valence-electron chi connectivity index (χ0n) is 16.8. The Kier molecular flexibility index (Phi) is 5.94. The second-order valence-electron chi connectivity index (χ2n) is 6.31. The summed E-state index contributed by atoms with van der Waals surface area (Å²) in [6.07, 6.45) is 1.02. The molecule has 1 aromatic carbocycles. The van der Waals surface area contributed by atoms with E-state index >= 15 is 0 Å². The van der Waals surface area contributed by atoms with Crippen molar-refractivity contribution in [3.05, 3.63) is 56.7 Å². The molecule has 1 aromatic rings. The van der Waals surface area contributed by atoms with Crippen molar-refractivity contribution in [1.29, 1.82) is 5.26 Å². The molecule has 2 aliphatic rings. The fraction of sp³-hybridized carbons (Fsp3) is 0.200. The molecule has 1 atom stereocenters. The maximum absolute atomic E-state index is 12.7. The molecule has 0 saturated heterocycles. The number of esters is 1. The molecule has 31 heavy (non-hydrogen) atoms. The molecule has 0 bridgehead atoms. The fourth-order valence-corrected chi connectivity index (χ4v) is 4.48. The van der Waals surface area contributed by atoms with Gasteiger partial charge in [0.2, 0.25) is 5.91 Å². The number of allylic oxidation sites excluding steroid dienone is 1. The van der Waals surface area contributed by atoms with E-state index in [-0.39, 0.29) is 26.9 Å². The predicted octanol–water partition coefficient (Wildman–Crippen LogP) is 0.824. The highest BCUT2D eigenvalue weighted by atomic mass is 32.2. The summed E-state index contributed by atoms with van der Waals surface area (Å²) in [7, 11) is 4.06. The van der Waals surface area contributed by atoms with Gasteiger partial charge in [-0.2, -0.15) is 5.26 Å². The summed E-state index contributed by atoms with van der Waals surface area (Å²) in [5, 5.41) is 9.88. The lowest BCUT2D eigenvalue weighted by Gasteiger charge is -2.37. The van der Waals surface area contributed by atoms with Crippen molar-refractivity contribution in [3.63, 3.8) is 0 Å². The summed E-state index contributed by atoms with van der Waals surface area (Å²) >= 11 is 0.805. The third kappa shape index (κ3) is 3.57. The van der Waals surface area contributed by atoms with Crippen molar-refractivity contribution < 1.29 is 28.6 Å². The first-order valence-electron chi connectivity index (χ1n) is 8.76. The first-order chi connectivity index (χ1) is 14.8. The lowest BCUT2D eigenvalue weighted by Crippen LogP contribution is -2.42. The number of thioether (sulfide) groups is 1. The second kappa shape index (κ2) is 8.45. The highest BCUT2D eigenvalue weighted by molar-refractivity contribution is 8.07. The van der Waals surface area contributed by atoms with Crippen LogP contribution in [-0.2, 0) is 19.1 Å². The number of hydrogen-bond donors (Lipinski definition) is 2. The third-order valence-electron chi connectivity index (χ3n) is 4.73. The highest BCUT2D eigenvalue weighted by Gasteiger charge is 2.44. The van der Waals surface area contributed by atoms with E-state index in [0.29, 0.717) is 17.1 Å². The minimum atomic E-state index is -1.04. The molecular weight excluding hydrogens is 424 g/mol. The Morgan fingerprint density at radius 3 is 2.48 bits per heavy atom. The number of carbonyl (C=O) groups is 3. The zero-order valence-corrected chi connectivity index (χ0v) is 17.6. The van der Waals surface area contributed by atoms with Gasteiger partial charge in [0.05, 0.1) is 49.5 Å². The van der Waals surface area contributed by atoms with E-state index in [9.17, 15) is 19.6 Å². The Hall–Kier alpha value is -3.91. The monoisotopic (exact) mass is 442 g/mol. The smallest absolute Gasteiger partial charge is 0.344 e. The number of nitriles is 1. The van der Waals surface area contributed by atoms with Gasteiger partial charge in [-0.05, 0) is 6.07 Å². The molecule has 0 fully saturated rings. The van der Waals surface area contributed by atoms with Crippen LogP contribution < -0.4 is 20.9 Å².